The first-order chi connectivity index (χ1) is 16.8. The number of anilines is 1. The number of carboxylic acids is 1. The highest BCUT2D eigenvalue weighted by molar-refractivity contribution is 6.00. The van der Waals surface area contributed by atoms with Crippen LogP contribution in [0.5, 0.6) is 0 Å². The zero-order valence-corrected chi connectivity index (χ0v) is 19.6. The number of aromatic carboxylic acids is 1. The van der Waals surface area contributed by atoms with Crippen LogP contribution in [-0.4, -0.2) is 40.2 Å². The van der Waals surface area contributed by atoms with Gasteiger partial charge >= 0.3 is 12.1 Å². The van der Waals surface area contributed by atoms with Crippen LogP contribution >= 0.6 is 0 Å². The molecule has 2 amide bonds. The number of hydrogen-bond donors (Lipinski definition) is 3. The fraction of sp³-hybridized carbons (Fsp3) is 0.259. The maximum Gasteiger partial charge on any atom is 0.408 e. The van der Waals surface area contributed by atoms with E-state index < -0.39 is 23.5 Å². The maximum atomic E-state index is 13.1. The summed E-state index contributed by atoms with van der Waals surface area (Å²) in [6, 6.07) is 17.4. The third-order valence-corrected chi connectivity index (χ3v) is 6.22. The lowest BCUT2D eigenvalue weighted by Gasteiger charge is -2.29. The van der Waals surface area contributed by atoms with Gasteiger partial charge in [0.25, 0.3) is 0 Å². The van der Waals surface area contributed by atoms with E-state index in [9.17, 15) is 14.4 Å². The molecule has 1 aromatic heterocycles. The zero-order chi connectivity index (χ0) is 25.0. The van der Waals surface area contributed by atoms with E-state index in [0.29, 0.717) is 12.8 Å². The number of ether oxygens (including phenoxy) is 1. The van der Waals surface area contributed by atoms with Gasteiger partial charge in [0.1, 0.15) is 12.1 Å². The third-order valence-electron chi connectivity index (χ3n) is 6.22. The first-order valence-corrected chi connectivity index (χ1v) is 11.5. The van der Waals surface area contributed by atoms with Gasteiger partial charge in [0.2, 0.25) is 5.91 Å². The highest BCUT2D eigenvalue weighted by Gasteiger charge is 2.36. The van der Waals surface area contributed by atoms with Crippen molar-refractivity contribution in [3.63, 3.8) is 0 Å². The molecule has 0 bridgehead atoms. The molecule has 1 aliphatic rings. The van der Waals surface area contributed by atoms with Crippen LogP contribution in [0.3, 0.4) is 0 Å². The molecule has 0 aliphatic heterocycles. The lowest BCUT2D eigenvalue weighted by Crippen LogP contribution is -2.54. The van der Waals surface area contributed by atoms with Crippen molar-refractivity contribution >= 4 is 23.7 Å². The van der Waals surface area contributed by atoms with Crippen LogP contribution in [0.1, 0.15) is 54.1 Å². The molecule has 8 heteroatoms. The number of nitrogens with zero attached hydrogens (tertiary/aromatic N) is 1. The highest BCUT2D eigenvalue weighted by atomic mass is 16.5. The van der Waals surface area contributed by atoms with Crippen molar-refractivity contribution in [2.45, 2.75) is 38.1 Å². The van der Waals surface area contributed by atoms with Gasteiger partial charge < -0.3 is 20.5 Å². The summed E-state index contributed by atoms with van der Waals surface area (Å²) >= 11 is 0. The Morgan fingerprint density at radius 1 is 1.03 bits per heavy atom. The van der Waals surface area contributed by atoms with Crippen molar-refractivity contribution in [2.75, 3.05) is 11.9 Å². The molecule has 35 heavy (non-hydrogen) atoms. The van der Waals surface area contributed by atoms with Gasteiger partial charge in [-0.25, -0.2) is 9.59 Å². The van der Waals surface area contributed by atoms with E-state index in [2.05, 4.69) is 27.8 Å². The zero-order valence-electron chi connectivity index (χ0n) is 19.6. The molecule has 0 fully saturated rings. The summed E-state index contributed by atoms with van der Waals surface area (Å²) < 4.78 is 5.61. The van der Waals surface area contributed by atoms with Gasteiger partial charge in [0.05, 0.1) is 17.4 Å². The summed E-state index contributed by atoms with van der Waals surface area (Å²) in [7, 11) is 0. The molecule has 1 unspecified atom stereocenters. The molecule has 180 valence electrons. The Morgan fingerprint density at radius 3 is 2.26 bits per heavy atom. The molecule has 8 nitrogen and oxygen atoms in total. The molecule has 3 N–H and O–H groups in total. The van der Waals surface area contributed by atoms with Crippen molar-refractivity contribution in [3.05, 3.63) is 83.7 Å². The van der Waals surface area contributed by atoms with Crippen molar-refractivity contribution in [1.29, 1.82) is 0 Å². The van der Waals surface area contributed by atoms with Gasteiger partial charge in [0.15, 0.2) is 0 Å². The smallest absolute Gasteiger partial charge is 0.408 e. The standard InChI is InChI=1S/C27H27N3O5/c1-3-12-27(2,25(33)29-18-13-17(24(31)32)14-28-15-18)30-26(34)35-16-23-21-10-6-4-8-19(21)20-9-5-7-11-22(20)23/h4-11,13-15,23H,3,12,16H2,1-2H3,(H,29,33)(H,30,34)(H,31,32). The molecular weight excluding hydrogens is 446 g/mol. The van der Waals surface area contributed by atoms with Gasteiger partial charge in [0, 0.05) is 12.1 Å². The number of hydrogen-bond acceptors (Lipinski definition) is 5. The average Bonchev–Trinajstić information content (AvgIpc) is 3.16. The normalized spacial score (nSPS) is 13.8. The second-order valence-corrected chi connectivity index (χ2v) is 8.75. The number of carboxylic acid groups (broad SMARTS) is 1. The number of aromatic nitrogens is 1. The summed E-state index contributed by atoms with van der Waals surface area (Å²) in [6.07, 6.45) is 2.83. The number of rotatable bonds is 8. The predicted molar refractivity (Wildman–Crippen MR) is 131 cm³/mol. The molecule has 4 rings (SSSR count). The van der Waals surface area contributed by atoms with Crippen molar-refractivity contribution in [2.24, 2.45) is 0 Å². The number of alkyl carbamates (subject to hydrolysis) is 1. The molecule has 1 heterocycles. The van der Waals surface area contributed by atoms with Gasteiger partial charge in [-0.1, -0.05) is 61.9 Å². The van der Waals surface area contributed by atoms with Gasteiger partial charge in [-0.2, -0.15) is 0 Å². The SMILES string of the molecule is CCCC(C)(NC(=O)OCC1c2ccccc2-c2ccccc21)C(=O)Nc1cncc(C(=O)O)c1. The molecular formula is C27H27N3O5. The number of pyridine rings is 1. The summed E-state index contributed by atoms with van der Waals surface area (Å²) in [6.45, 7) is 3.65. The first-order valence-electron chi connectivity index (χ1n) is 11.5. The van der Waals surface area contributed by atoms with E-state index in [1.54, 1.807) is 6.92 Å². The number of fused-ring (bicyclic) bond motifs is 3. The van der Waals surface area contributed by atoms with E-state index in [4.69, 9.17) is 9.84 Å². The topological polar surface area (TPSA) is 118 Å². The minimum Gasteiger partial charge on any atom is -0.478 e. The molecule has 0 radical (unpaired) electrons. The monoisotopic (exact) mass is 473 g/mol. The summed E-state index contributed by atoms with van der Waals surface area (Å²) in [4.78, 5) is 40.9. The van der Waals surface area contributed by atoms with Crippen molar-refractivity contribution in [3.8, 4) is 11.1 Å². The van der Waals surface area contributed by atoms with Crippen LogP contribution in [0, 0.1) is 0 Å². The van der Waals surface area contributed by atoms with Gasteiger partial charge in [-0.15, -0.1) is 0 Å². The minimum atomic E-state index is -1.27. The predicted octanol–water partition coefficient (Wildman–Crippen LogP) is 4.82. The molecule has 0 saturated heterocycles. The Bertz CT molecular complexity index is 1230. The number of carbonyl (C=O) groups excluding carboxylic acids is 2. The highest BCUT2D eigenvalue weighted by Crippen LogP contribution is 2.44. The van der Waals surface area contributed by atoms with E-state index in [1.807, 2.05) is 43.3 Å². The Morgan fingerprint density at radius 2 is 1.66 bits per heavy atom. The van der Waals surface area contributed by atoms with Crippen LogP contribution in [0.2, 0.25) is 0 Å². The molecule has 3 aromatic rings. The van der Waals surface area contributed by atoms with Gasteiger partial charge in [-0.05, 0) is 41.7 Å². The number of nitrogens with one attached hydrogen (secondary N) is 2. The number of amides is 2. The molecule has 0 spiro atoms. The summed E-state index contributed by atoms with van der Waals surface area (Å²) in [5.41, 5.74) is 3.36. The van der Waals surface area contributed by atoms with Crippen LogP contribution in [-0.2, 0) is 9.53 Å². The first kappa shape index (κ1) is 23.9. The van der Waals surface area contributed by atoms with Crippen LogP contribution in [0.15, 0.2) is 67.0 Å². The van der Waals surface area contributed by atoms with Crippen LogP contribution in [0.25, 0.3) is 11.1 Å². The van der Waals surface area contributed by atoms with E-state index in [0.717, 1.165) is 22.3 Å². The molecule has 1 aliphatic carbocycles. The Kier molecular flexibility index (Phi) is 6.82. The van der Waals surface area contributed by atoms with E-state index in [-0.39, 0.29) is 23.8 Å². The third kappa shape index (κ3) is 5.01. The van der Waals surface area contributed by atoms with E-state index in [1.165, 1.54) is 18.5 Å². The number of carbonyl (C=O) groups is 3. The minimum absolute atomic E-state index is 0.0514. The average molecular weight is 474 g/mol. The molecule has 2 aromatic carbocycles. The fourth-order valence-electron chi connectivity index (χ4n) is 4.49. The second-order valence-electron chi connectivity index (χ2n) is 8.75. The lowest BCUT2D eigenvalue weighted by atomic mass is 9.95. The van der Waals surface area contributed by atoms with E-state index >= 15 is 0 Å². The largest absolute Gasteiger partial charge is 0.478 e. The quantitative estimate of drug-likeness (QED) is 0.432. The second kappa shape index (κ2) is 9.97. The van der Waals surface area contributed by atoms with Crippen LogP contribution < -0.4 is 10.6 Å². The number of benzene rings is 2. The van der Waals surface area contributed by atoms with Crippen LogP contribution in [0.4, 0.5) is 10.5 Å². The molecule has 0 saturated carbocycles. The Hall–Kier alpha value is -4.20. The Labute approximate surface area is 203 Å². The summed E-state index contributed by atoms with van der Waals surface area (Å²) in [5, 5.41) is 14.5. The molecule has 1 atom stereocenters. The lowest BCUT2D eigenvalue weighted by molar-refractivity contribution is -0.122. The van der Waals surface area contributed by atoms with Crippen molar-refractivity contribution in [1.82, 2.24) is 10.3 Å². The maximum absolute atomic E-state index is 13.1. The van der Waals surface area contributed by atoms with Crippen molar-refractivity contribution < 1.29 is 24.2 Å². The summed E-state index contributed by atoms with van der Waals surface area (Å²) in [5.74, 6) is -1.73. The fourth-order valence-corrected chi connectivity index (χ4v) is 4.49. The van der Waals surface area contributed by atoms with Gasteiger partial charge in [-0.3, -0.25) is 9.78 Å². The Balaban J connectivity index is 1.45.